The lowest BCUT2D eigenvalue weighted by Crippen LogP contribution is -2.35. The lowest BCUT2D eigenvalue weighted by molar-refractivity contribution is 0.0985. The summed E-state index contributed by atoms with van der Waals surface area (Å²) in [6.07, 6.45) is 1.80. The van der Waals surface area contributed by atoms with E-state index in [2.05, 4.69) is 20.7 Å². The average Bonchev–Trinajstić information content (AvgIpc) is 2.73. The molecule has 0 bridgehead atoms. The zero-order chi connectivity index (χ0) is 21.3. The van der Waals surface area contributed by atoms with E-state index in [1.54, 1.807) is 29.2 Å². The summed E-state index contributed by atoms with van der Waals surface area (Å²) in [6, 6.07) is 16.7. The summed E-state index contributed by atoms with van der Waals surface area (Å²) in [5, 5.41) is 0. The number of anilines is 2. The molecule has 1 N–H and O–H groups in total. The maximum Gasteiger partial charge on any atom is 0.261 e. The van der Waals surface area contributed by atoms with Gasteiger partial charge in [0.05, 0.1) is 4.90 Å². The maximum absolute atomic E-state index is 13.0. The summed E-state index contributed by atoms with van der Waals surface area (Å²) < 4.78 is 41.3. The van der Waals surface area contributed by atoms with Crippen molar-refractivity contribution in [1.82, 2.24) is 0 Å². The van der Waals surface area contributed by atoms with Crippen LogP contribution in [0, 0.1) is 5.82 Å². The maximum atomic E-state index is 13.0. The molecular formula is C22H18BrFN2O3S. The number of nitrogens with zero attached hydrogens (tertiary/aromatic N) is 1. The minimum absolute atomic E-state index is 0.0415. The standard InChI is InChI=1S/C22H18BrFN2O3S/c23-17-5-12-21-16(14-17)2-1-13-26(21)22(27)15-3-8-19(9-4-15)25-30(28,29)20-10-6-18(24)7-11-20/h3-12,14,25H,1-2,13H2. The van der Waals surface area contributed by atoms with E-state index >= 15 is 0 Å². The van der Waals surface area contributed by atoms with Crippen LogP contribution in [0.15, 0.2) is 76.1 Å². The van der Waals surface area contributed by atoms with Crippen LogP contribution >= 0.6 is 15.9 Å². The highest BCUT2D eigenvalue weighted by molar-refractivity contribution is 9.10. The zero-order valence-electron chi connectivity index (χ0n) is 15.8. The Kier molecular flexibility index (Phi) is 5.62. The molecule has 0 radical (unpaired) electrons. The highest BCUT2D eigenvalue weighted by Gasteiger charge is 2.24. The van der Waals surface area contributed by atoms with E-state index in [0.717, 1.165) is 40.7 Å². The van der Waals surface area contributed by atoms with Crippen LogP contribution in [0.5, 0.6) is 0 Å². The second-order valence-electron chi connectivity index (χ2n) is 6.97. The number of nitrogens with one attached hydrogen (secondary N) is 1. The van der Waals surface area contributed by atoms with Crippen molar-refractivity contribution in [3.8, 4) is 0 Å². The van der Waals surface area contributed by atoms with Crippen molar-refractivity contribution in [1.29, 1.82) is 0 Å². The molecule has 1 heterocycles. The van der Waals surface area contributed by atoms with E-state index in [-0.39, 0.29) is 10.8 Å². The van der Waals surface area contributed by atoms with Gasteiger partial charge in [-0.25, -0.2) is 12.8 Å². The van der Waals surface area contributed by atoms with Crippen molar-refractivity contribution in [3.05, 3.63) is 88.1 Å². The first kappa shape index (κ1) is 20.6. The number of benzene rings is 3. The molecule has 0 aromatic heterocycles. The number of carbonyl (C=O) groups excluding carboxylic acids is 1. The topological polar surface area (TPSA) is 66.5 Å². The van der Waals surface area contributed by atoms with E-state index in [1.165, 1.54) is 12.1 Å². The number of rotatable bonds is 4. The van der Waals surface area contributed by atoms with Crippen LogP contribution in [0.4, 0.5) is 15.8 Å². The molecule has 0 aliphatic carbocycles. The van der Waals surface area contributed by atoms with E-state index in [9.17, 15) is 17.6 Å². The normalized spacial score (nSPS) is 13.6. The molecule has 0 saturated heterocycles. The zero-order valence-corrected chi connectivity index (χ0v) is 18.2. The Hall–Kier alpha value is -2.71. The fraction of sp³-hybridized carbons (Fsp3) is 0.136. The highest BCUT2D eigenvalue weighted by Crippen LogP contribution is 2.31. The van der Waals surface area contributed by atoms with Gasteiger partial charge in [0.15, 0.2) is 0 Å². The molecule has 8 heteroatoms. The third-order valence-corrected chi connectivity index (χ3v) is 6.80. The number of carbonyl (C=O) groups is 1. The summed E-state index contributed by atoms with van der Waals surface area (Å²) in [6.45, 7) is 0.631. The van der Waals surface area contributed by atoms with Gasteiger partial charge >= 0.3 is 0 Å². The number of hydrogen-bond acceptors (Lipinski definition) is 3. The van der Waals surface area contributed by atoms with Gasteiger partial charge in [-0.05, 0) is 85.1 Å². The van der Waals surface area contributed by atoms with Crippen LogP contribution in [-0.2, 0) is 16.4 Å². The molecule has 3 aromatic rings. The number of hydrogen-bond donors (Lipinski definition) is 1. The molecule has 1 amide bonds. The van der Waals surface area contributed by atoms with Crippen LogP contribution in [0.25, 0.3) is 0 Å². The average molecular weight is 489 g/mol. The molecule has 0 fully saturated rings. The van der Waals surface area contributed by atoms with Gasteiger partial charge < -0.3 is 4.90 Å². The Morgan fingerprint density at radius 1 is 1.00 bits per heavy atom. The Labute approximate surface area is 182 Å². The summed E-state index contributed by atoms with van der Waals surface area (Å²) in [4.78, 5) is 14.7. The predicted molar refractivity (Wildman–Crippen MR) is 118 cm³/mol. The third kappa shape index (κ3) is 4.24. The van der Waals surface area contributed by atoms with Crippen LogP contribution < -0.4 is 9.62 Å². The molecule has 30 heavy (non-hydrogen) atoms. The van der Waals surface area contributed by atoms with Gasteiger partial charge in [-0.1, -0.05) is 15.9 Å². The summed E-state index contributed by atoms with van der Waals surface area (Å²) >= 11 is 3.47. The monoisotopic (exact) mass is 488 g/mol. The van der Waals surface area contributed by atoms with Gasteiger partial charge in [0.1, 0.15) is 5.82 Å². The largest absolute Gasteiger partial charge is 0.308 e. The Morgan fingerprint density at radius 2 is 1.70 bits per heavy atom. The first-order valence-electron chi connectivity index (χ1n) is 9.32. The Balaban J connectivity index is 1.53. The molecule has 0 atom stereocenters. The second kappa shape index (κ2) is 8.20. The molecule has 3 aromatic carbocycles. The van der Waals surface area contributed by atoms with Crippen molar-refractivity contribution >= 4 is 43.2 Å². The second-order valence-corrected chi connectivity index (χ2v) is 9.57. The van der Waals surface area contributed by atoms with Crippen LogP contribution in [-0.4, -0.2) is 20.9 Å². The van der Waals surface area contributed by atoms with Gasteiger partial charge in [0.25, 0.3) is 15.9 Å². The minimum atomic E-state index is -3.84. The quantitative estimate of drug-likeness (QED) is 0.562. The molecule has 0 saturated carbocycles. The van der Waals surface area contributed by atoms with Crippen LogP contribution in [0.1, 0.15) is 22.3 Å². The van der Waals surface area contributed by atoms with E-state index < -0.39 is 15.8 Å². The lowest BCUT2D eigenvalue weighted by atomic mass is 10.0. The summed E-state index contributed by atoms with van der Waals surface area (Å²) in [5.74, 6) is -0.644. The first-order chi connectivity index (χ1) is 14.3. The van der Waals surface area contributed by atoms with Crippen LogP contribution in [0.2, 0.25) is 0 Å². The van der Waals surface area contributed by atoms with Crippen molar-refractivity contribution in [3.63, 3.8) is 0 Å². The van der Waals surface area contributed by atoms with Crippen molar-refractivity contribution < 1.29 is 17.6 Å². The molecular weight excluding hydrogens is 471 g/mol. The fourth-order valence-electron chi connectivity index (χ4n) is 3.44. The van der Waals surface area contributed by atoms with E-state index in [1.807, 2.05) is 18.2 Å². The lowest BCUT2D eigenvalue weighted by Gasteiger charge is -2.29. The Morgan fingerprint density at radius 3 is 2.40 bits per heavy atom. The molecule has 5 nitrogen and oxygen atoms in total. The highest BCUT2D eigenvalue weighted by atomic mass is 79.9. The number of sulfonamides is 1. The smallest absolute Gasteiger partial charge is 0.261 e. The minimum Gasteiger partial charge on any atom is -0.308 e. The SMILES string of the molecule is O=C(c1ccc(NS(=O)(=O)c2ccc(F)cc2)cc1)N1CCCc2cc(Br)ccc21. The Bertz CT molecular complexity index is 1200. The van der Waals surface area contributed by atoms with Crippen molar-refractivity contribution in [2.75, 3.05) is 16.2 Å². The van der Waals surface area contributed by atoms with Crippen molar-refractivity contribution in [2.24, 2.45) is 0 Å². The third-order valence-electron chi connectivity index (χ3n) is 4.91. The summed E-state index contributed by atoms with van der Waals surface area (Å²) in [5.41, 5.74) is 2.80. The van der Waals surface area contributed by atoms with Crippen molar-refractivity contribution in [2.45, 2.75) is 17.7 Å². The van der Waals surface area contributed by atoms with E-state index in [0.29, 0.717) is 17.8 Å². The van der Waals surface area contributed by atoms with Gasteiger partial charge in [0, 0.05) is 28.0 Å². The fourth-order valence-corrected chi connectivity index (χ4v) is 4.91. The predicted octanol–water partition coefficient (Wildman–Crippen LogP) is 4.98. The van der Waals surface area contributed by atoms with Gasteiger partial charge in [-0.15, -0.1) is 0 Å². The number of halogens is 2. The molecule has 1 aliphatic rings. The van der Waals surface area contributed by atoms with Gasteiger partial charge in [0.2, 0.25) is 0 Å². The molecule has 154 valence electrons. The van der Waals surface area contributed by atoms with E-state index in [4.69, 9.17) is 0 Å². The van der Waals surface area contributed by atoms with Gasteiger partial charge in [-0.3, -0.25) is 9.52 Å². The molecule has 4 rings (SSSR count). The number of aryl methyl sites for hydroxylation is 1. The molecule has 0 unspecified atom stereocenters. The summed E-state index contributed by atoms with van der Waals surface area (Å²) in [7, 11) is -3.84. The number of fused-ring (bicyclic) bond motifs is 1. The molecule has 0 spiro atoms. The van der Waals surface area contributed by atoms with Crippen LogP contribution in [0.3, 0.4) is 0 Å². The first-order valence-corrected chi connectivity index (χ1v) is 11.6. The molecule has 1 aliphatic heterocycles. The van der Waals surface area contributed by atoms with Gasteiger partial charge in [-0.2, -0.15) is 0 Å². The number of amides is 1.